The van der Waals surface area contributed by atoms with Gasteiger partial charge in [0.05, 0.1) is 9.26 Å². The molecule has 21 heavy (non-hydrogen) atoms. The molecule has 2 aromatic rings. The van der Waals surface area contributed by atoms with Crippen molar-refractivity contribution in [2.24, 2.45) is 0 Å². The summed E-state index contributed by atoms with van der Waals surface area (Å²) in [6.45, 7) is 7.29. The van der Waals surface area contributed by atoms with Gasteiger partial charge in [-0.1, -0.05) is 41.9 Å². The van der Waals surface area contributed by atoms with Crippen molar-refractivity contribution in [3.05, 3.63) is 49.4 Å². The third kappa shape index (κ3) is 4.39. The maximum atomic E-state index is 4.77. The second-order valence-electron chi connectivity index (χ2n) is 5.18. The first-order valence-corrected chi connectivity index (χ1v) is 8.93. The Balaban J connectivity index is 2.39. The normalized spacial score (nSPS) is 11.0. The summed E-state index contributed by atoms with van der Waals surface area (Å²) in [6.07, 6.45) is 0.745. The summed E-state index contributed by atoms with van der Waals surface area (Å²) in [4.78, 5) is 9.45. The Labute approximate surface area is 148 Å². The van der Waals surface area contributed by atoms with Crippen LogP contribution in [0.25, 0.3) is 0 Å². The topological polar surface area (TPSA) is 37.8 Å². The Morgan fingerprint density at radius 1 is 1.29 bits per heavy atom. The quantitative estimate of drug-likeness (QED) is 0.640. The molecule has 112 valence electrons. The molecule has 1 heterocycles. The Morgan fingerprint density at radius 2 is 2.05 bits per heavy atom. The lowest BCUT2D eigenvalue weighted by atomic mass is 10.1. The van der Waals surface area contributed by atoms with Gasteiger partial charge < -0.3 is 5.32 Å². The van der Waals surface area contributed by atoms with E-state index in [4.69, 9.17) is 4.98 Å². The summed E-state index contributed by atoms with van der Waals surface area (Å²) < 4.78 is 2.21. The van der Waals surface area contributed by atoms with Crippen molar-refractivity contribution in [2.75, 3.05) is 11.9 Å². The van der Waals surface area contributed by atoms with Gasteiger partial charge in [-0.15, -0.1) is 0 Å². The van der Waals surface area contributed by atoms with Crippen LogP contribution < -0.4 is 5.32 Å². The zero-order chi connectivity index (χ0) is 15.4. The smallest absolute Gasteiger partial charge is 0.143 e. The molecule has 0 saturated carbocycles. The molecule has 1 aromatic heterocycles. The fourth-order valence-electron chi connectivity index (χ4n) is 2.09. The molecule has 0 atom stereocenters. The molecule has 0 aliphatic carbocycles. The van der Waals surface area contributed by atoms with Gasteiger partial charge in [0.1, 0.15) is 11.6 Å². The molecular formula is C16H19BrIN3. The SMILES string of the molecule is CCNc1nc(Cc2cccc(Br)c2)nc(C(C)C)c1I. The molecule has 0 saturated heterocycles. The van der Waals surface area contributed by atoms with Crippen LogP contribution in [0, 0.1) is 3.57 Å². The van der Waals surface area contributed by atoms with E-state index >= 15 is 0 Å². The minimum atomic E-state index is 0.388. The summed E-state index contributed by atoms with van der Waals surface area (Å²) in [5.74, 6) is 2.20. The van der Waals surface area contributed by atoms with Gasteiger partial charge in [0.15, 0.2) is 0 Å². The molecule has 0 fully saturated rings. The molecule has 3 nitrogen and oxygen atoms in total. The van der Waals surface area contributed by atoms with Gasteiger partial charge in [-0.25, -0.2) is 9.97 Å². The Bertz CT molecular complexity index is 629. The zero-order valence-corrected chi connectivity index (χ0v) is 16.2. The van der Waals surface area contributed by atoms with Crippen molar-refractivity contribution in [2.45, 2.75) is 33.1 Å². The number of aromatic nitrogens is 2. The fraction of sp³-hybridized carbons (Fsp3) is 0.375. The number of rotatable bonds is 5. The van der Waals surface area contributed by atoms with Crippen molar-refractivity contribution in [3.8, 4) is 0 Å². The van der Waals surface area contributed by atoms with E-state index in [9.17, 15) is 0 Å². The van der Waals surface area contributed by atoms with Crippen LogP contribution in [0.3, 0.4) is 0 Å². The van der Waals surface area contributed by atoms with Crippen LogP contribution in [-0.2, 0) is 6.42 Å². The van der Waals surface area contributed by atoms with Crippen LogP contribution >= 0.6 is 38.5 Å². The Morgan fingerprint density at radius 3 is 2.67 bits per heavy atom. The van der Waals surface area contributed by atoms with E-state index < -0.39 is 0 Å². The maximum Gasteiger partial charge on any atom is 0.143 e. The number of halogens is 2. The molecule has 0 spiro atoms. The van der Waals surface area contributed by atoms with Crippen molar-refractivity contribution in [3.63, 3.8) is 0 Å². The number of hydrogen-bond donors (Lipinski definition) is 1. The first-order valence-electron chi connectivity index (χ1n) is 7.05. The van der Waals surface area contributed by atoms with Crippen molar-refractivity contribution < 1.29 is 0 Å². The van der Waals surface area contributed by atoms with Crippen LogP contribution in [0.2, 0.25) is 0 Å². The molecule has 1 N–H and O–H groups in total. The summed E-state index contributed by atoms with van der Waals surface area (Å²) >= 11 is 5.85. The van der Waals surface area contributed by atoms with Gasteiger partial charge in [0.25, 0.3) is 0 Å². The van der Waals surface area contributed by atoms with Gasteiger partial charge in [-0.05, 0) is 53.1 Å². The molecule has 0 amide bonds. The van der Waals surface area contributed by atoms with E-state index in [0.717, 1.165) is 38.3 Å². The predicted octanol–water partition coefficient (Wildman–Crippen LogP) is 4.99. The molecular weight excluding hydrogens is 441 g/mol. The number of nitrogens with zero attached hydrogens (tertiary/aromatic N) is 2. The van der Waals surface area contributed by atoms with Crippen LogP contribution in [0.5, 0.6) is 0 Å². The predicted molar refractivity (Wildman–Crippen MR) is 99.9 cm³/mol. The first kappa shape index (κ1) is 16.7. The third-order valence-corrected chi connectivity index (χ3v) is 4.62. The molecule has 0 unspecified atom stereocenters. The highest BCUT2D eigenvalue weighted by Crippen LogP contribution is 2.26. The molecule has 0 radical (unpaired) electrons. The minimum Gasteiger partial charge on any atom is -0.369 e. The standard InChI is InChI=1S/C16H19BrIN3/c1-4-19-16-14(18)15(10(2)3)20-13(21-16)9-11-6-5-7-12(17)8-11/h5-8,10H,4,9H2,1-3H3,(H,19,20,21). The van der Waals surface area contributed by atoms with Gasteiger partial charge >= 0.3 is 0 Å². The lowest BCUT2D eigenvalue weighted by molar-refractivity contribution is 0.783. The number of hydrogen-bond acceptors (Lipinski definition) is 3. The molecule has 0 aliphatic rings. The average molecular weight is 460 g/mol. The average Bonchev–Trinajstić information content (AvgIpc) is 2.42. The zero-order valence-electron chi connectivity index (χ0n) is 12.5. The molecule has 0 aliphatic heterocycles. The van der Waals surface area contributed by atoms with E-state index in [0.29, 0.717) is 5.92 Å². The van der Waals surface area contributed by atoms with Crippen LogP contribution in [0.15, 0.2) is 28.7 Å². The van der Waals surface area contributed by atoms with Gasteiger partial charge in [-0.2, -0.15) is 0 Å². The second-order valence-corrected chi connectivity index (χ2v) is 7.17. The van der Waals surface area contributed by atoms with Gasteiger partial charge in [0, 0.05) is 17.4 Å². The van der Waals surface area contributed by atoms with Gasteiger partial charge in [0.2, 0.25) is 0 Å². The van der Waals surface area contributed by atoms with Crippen molar-refractivity contribution in [1.29, 1.82) is 0 Å². The van der Waals surface area contributed by atoms with E-state index in [2.05, 4.69) is 81.7 Å². The summed E-state index contributed by atoms with van der Waals surface area (Å²) in [5, 5.41) is 3.34. The summed E-state index contributed by atoms with van der Waals surface area (Å²) in [6, 6.07) is 8.29. The van der Waals surface area contributed by atoms with Crippen LogP contribution in [0.4, 0.5) is 5.82 Å². The summed E-state index contributed by atoms with van der Waals surface area (Å²) in [7, 11) is 0. The van der Waals surface area contributed by atoms with E-state index in [1.165, 1.54) is 5.56 Å². The number of nitrogens with one attached hydrogen (secondary N) is 1. The maximum absolute atomic E-state index is 4.77. The highest BCUT2D eigenvalue weighted by molar-refractivity contribution is 14.1. The number of anilines is 1. The lowest BCUT2D eigenvalue weighted by Gasteiger charge is -2.14. The lowest BCUT2D eigenvalue weighted by Crippen LogP contribution is -2.11. The molecule has 0 bridgehead atoms. The van der Waals surface area contributed by atoms with Crippen molar-refractivity contribution in [1.82, 2.24) is 9.97 Å². The highest BCUT2D eigenvalue weighted by Gasteiger charge is 2.14. The minimum absolute atomic E-state index is 0.388. The monoisotopic (exact) mass is 459 g/mol. The van der Waals surface area contributed by atoms with Crippen LogP contribution in [0.1, 0.15) is 43.8 Å². The Hall–Kier alpha value is -0.690. The fourth-order valence-corrected chi connectivity index (χ4v) is 3.59. The van der Waals surface area contributed by atoms with E-state index in [-0.39, 0.29) is 0 Å². The Kier molecular flexibility index (Phi) is 5.98. The largest absolute Gasteiger partial charge is 0.369 e. The number of benzene rings is 1. The molecule has 1 aromatic carbocycles. The second kappa shape index (κ2) is 7.54. The van der Waals surface area contributed by atoms with Crippen LogP contribution in [-0.4, -0.2) is 16.5 Å². The highest BCUT2D eigenvalue weighted by atomic mass is 127. The molecule has 5 heteroatoms. The summed E-state index contributed by atoms with van der Waals surface area (Å²) in [5.41, 5.74) is 2.33. The first-order chi connectivity index (χ1) is 10.0. The van der Waals surface area contributed by atoms with Crippen molar-refractivity contribution >= 4 is 44.3 Å². The molecule has 2 rings (SSSR count). The van der Waals surface area contributed by atoms with Gasteiger partial charge in [-0.3, -0.25) is 0 Å². The van der Waals surface area contributed by atoms with E-state index in [1.54, 1.807) is 0 Å². The third-order valence-electron chi connectivity index (χ3n) is 3.07. The van der Waals surface area contributed by atoms with E-state index in [1.807, 2.05) is 12.1 Å².